The van der Waals surface area contributed by atoms with Crippen LogP contribution in [0.5, 0.6) is 0 Å². The topological polar surface area (TPSA) is 55.2 Å². The number of benzene rings is 1. The molecular weight excluding hydrogens is 214 g/mol. The number of nitrogens with one attached hydrogen (secondary N) is 2. The Morgan fingerprint density at radius 1 is 1.47 bits per heavy atom. The van der Waals surface area contributed by atoms with Crippen molar-refractivity contribution in [3.05, 3.63) is 35.9 Å². The van der Waals surface area contributed by atoms with Crippen LogP contribution in [-0.2, 0) is 11.2 Å². The minimum absolute atomic E-state index is 0.0273. The van der Waals surface area contributed by atoms with Crippen molar-refractivity contribution in [2.45, 2.75) is 25.6 Å². The van der Waals surface area contributed by atoms with Gasteiger partial charge in [0.15, 0.2) is 0 Å². The van der Waals surface area contributed by atoms with Crippen molar-refractivity contribution in [1.82, 2.24) is 16.0 Å². The molecule has 1 unspecified atom stereocenters. The third kappa shape index (κ3) is 3.54. The van der Waals surface area contributed by atoms with Gasteiger partial charge in [0.1, 0.15) is 6.17 Å². The van der Waals surface area contributed by atoms with Crippen LogP contribution in [0.3, 0.4) is 0 Å². The molecule has 1 saturated heterocycles. The highest BCUT2D eigenvalue weighted by molar-refractivity contribution is 5.73. The van der Waals surface area contributed by atoms with Gasteiger partial charge in [-0.1, -0.05) is 30.3 Å². The third-order valence-electron chi connectivity index (χ3n) is 2.87. The highest BCUT2D eigenvalue weighted by Gasteiger charge is 2.25. The number of hydrogen-bond acceptors (Lipinski definition) is 2. The fourth-order valence-corrected chi connectivity index (χ4v) is 2.10. The number of nitrogens with zero attached hydrogens (tertiary/aromatic N) is 1. The monoisotopic (exact) mass is 232 g/mol. The van der Waals surface area contributed by atoms with Crippen LogP contribution in [0.25, 0.3) is 0 Å². The van der Waals surface area contributed by atoms with Gasteiger partial charge in [0, 0.05) is 26.1 Å². The Balaban J connectivity index is 1.99. The van der Waals surface area contributed by atoms with Crippen molar-refractivity contribution in [3.63, 3.8) is 0 Å². The molecule has 4 heteroatoms. The SMILES string of the molecule is CC(=O)N[C@@H]1[N]CCNC1Cc1ccccc1. The van der Waals surface area contributed by atoms with E-state index in [2.05, 4.69) is 28.1 Å². The largest absolute Gasteiger partial charge is 0.338 e. The fourth-order valence-electron chi connectivity index (χ4n) is 2.10. The van der Waals surface area contributed by atoms with E-state index in [0.29, 0.717) is 0 Å². The van der Waals surface area contributed by atoms with Crippen molar-refractivity contribution in [3.8, 4) is 0 Å². The summed E-state index contributed by atoms with van der Waals surface area (Å²) >= 11 is 0. The number of carbonyl (C=O) groups excluding carboxylic acids is 1. The summed E-state index contributed by atoms with van der Waals surface area (Å²) in [5.41, 5.74) is 1.26. The van der Waals surface area contributed by atoms with Crippen LogP contribution >= 0.6 is 0 Å². The molecule has 1 heterocycles. The number of carbonyl (C=O) groups is 1. The van der Waals surface area contributed by atoms with Gasteiger partial charge in [-0.05, 0) is 12.0 Å². The Labute approximate surface area is 102 Å². The molecule has 1 aromatic rings. The molecule has 2 N–H and O–H groups in total. The van der Waals surface area contributed by atoms with Gasteiger partial charge in [0.2, 0.25) is 5.91 Å². The molecule has 0 aliphatic carbocycles. The lowest BCUT2D eigenvalue weighted by molar-refractivity contribution is -0.120. The number of piperazine rings is 1. The van der Waals surface area contributed by atoms with E-state index in [0.717, 1.165) is 19.5 Å². The lowest BCUT2D eigenvalue weighted by atomic mass is 10.0. The van der Waals surface area contributed by atoms with E-state index in [4.69, 9.17) is 0 Å². The Morgan fingerprint density at radius 2 is 2.24 bits per heavy atom. The second-order valence-electron chi connectivity index (χ2n) is 4.30. The molecule has 91 valence electrons. The lowest BCUT2D eigenvalue weighted by Gasteiger charge is -2.32. The van der Waals surface area contributed by atoms with Gasteiger partial charge in [0.25, 0.3) is 0 Å². The van der Waals surface area contributed by atoms with Crippen LogP contribution in [0.1, 0.15) is 12.5 Å². The summed E-state index contributed by atoms with van der Waals surface area (Å²) in [5.74, 6) is -0.0273. The molecule has 1 aliphatic heterocycles. The van der Waals surface area contributed by atoms with E-state index in [-0.39, 0.29) is 18.1 Å². The minimum Gasteiger partial charge on any atom is -0.338 e. The maximum atomic E-state index is 11.1. The molecule has 1 fully saturated rings. The molecule has 1 aliphatic rings. The Kier molecular flexibility index (Phi) is 4.12. The van der Waals surface area contributed by atoms with E-state index in [9.17, 15) is 4.79 Å². The maximum Gasteiger partial charge on any atom is 0.218 e. The van der Waals surface area contributed by atoms with Crippen molar-refractivity contribution in [1.29, 1.82) is 0 Å². The maximum absolute atomic E-state index is 11.1. The fraction of sp³-hybridized carbons (Fsp3) is 0.462. The molecule has 1 aromatic carbocycles. The Bertz CT molecular complexity index is 366. The molecule has 1 amide bonds. The summed E-state index contributed by atoms with van der Waals surface area (Å²) in [5, 5.41) is 10.8. The van der Waals surface area contributed by atoms with Crippen LogP contribution < -0.4 is 16.0 Å². The zero-order valence-corrected chi connectivity index (χ0v) is 10.0. The summed E-state index contributed by atoms with van der Waals surface area (Å²) in [6.07, 6.45) is 0.774. The molecule has 1 radical (unpaired) electrons. The molecule has 2 rings (SSSR count). The van der Waals surface area contributed by atoms with E-state index in [1.807, 2.05) is 18.2 Å². The van der Waals surface area contributed by atoms with Crippen molar-refractivity contribution < 1.29 is 4.79 Å². The molecule has 0 bridgehead atoms. The quantitative estimate of drug-likeness (QED) is 0.786. The van der Waals surface area contributed by atoms with E-state index in [1.165, 1.54) is 12.5 Å². The van der Waals surface area contributed by atoms with E-state index in [1.54, 1.807) is 0 Å². The molecule has 0 saturated carbocycles. The number of hydrogen-bond donors (Lipinski definition) is 2. The van der Waals surface area contributed by atoms with Crippen LogP contribution in [0, 0.1) is 0 Å². The summed E-state index contributed by atoms with van der Waals surface area (Å²) in [4.78, 5) is 11.1. The minimum atomic E-state index is -0.110. The molecular formula is C13H18N3O. The number of amides is 1. The average molecular weight is 232 g/mol. The first-order chi connectivity index (χ1) is 8.25. The third-order valence-corrected chi connectivity index (χ3v) is 2.87. The summed E-state index contributed by atoms with van der Waals surface area (Å²) < 4.78 is 0. The molecule has 2 atom stereocenters. The second kappa shape index (κ2) is 5.80. The summed E-state index contributed by atoms with van der Waals surface area (Å²) in [6, 6.07) is 10.5. The summed E-state index contributed by atoms with van der Waals surface area (Å²) in [6.45, 7) is 3.17. The predicted molar refractivity (Wildman–Crippen MR) is 66.5 cm³/mol. The van der Waals surface area contributed by atoms with Crippen molar-refractivity contribution >= 4 is 5.91 Å². The molecule has 0 spiro atoms. The highest BCUT2D eigenvalue weighted by atomic mass is 16.1. The van der Waals surface area contributed by atoms with Gasteiger partial charge in [0.05, 0.1) is 0 Å². The van der Waals surface area contributed by atoms with Gasteiger partial charge in [-0.15, -0.1) is 0 Å². The zero-order valence-electron chi connectivity index (χ0n) is 10.0. The van der Waals surface area contributed by atoms with Gasteiger partial charge >= 0.3 is 0 Å². The Morgan fingerprint density at radius 3 is 2.94 bits per heavy atom. The van der Waals surface area contributed by atoms with Crippen LogP contribution in [0.2, 0.25) is 0 Å². The number of rotatable bonds is 3. The van der Waals surface area contributed by atoms with Crippen LogP contribution in [0.4, 0.5) is 0 Å². The van der Waals surface area contributed by atoms with Gasteiger partial charge < -0.3 is 10.6 Å². The van der Waals surface area contributed by atoms with Crippen LogP contribution in [-0.4, -0.2) is 31.2 Å². The van der Waals surface area contributed by atoms with Gasteiger partial charge in [-0.2, -0.15) is 0 Å². The van der Waals surface area contributed by atoms with Gasteiger partial charge in [-0.3, -0.25) is 4.79 Å². The van der Waals surface area contributed by atoms with Crippen molar-refractivity contribution in [2.75, 3.05) is 13.1 Å². The highest BCUT2D eigenvalue weighted by Crippen LogP contribution is 2.07. The summed E-state index contributed by atoms with van der Waals surface area (Å²) in [7, 11) is 0. The molecule has 4 nitrogen and oxygen atoms in total. The van der Waals surface area contributed by atoms with Gasteiger partial charge in [-0.25, -0.2) is 5.32 Å². The molecule has 17 heavy (non-hydrogen) atoms. The smallest absolute Gasteiger partial charge is 0.218 e. The first-order valence-electron chi connectivity index (χ1n) is 5.97. The van der Waals surface area contributed by atoms with Crippen molar-refractivity contribution in [2.24, 2.45) is 0 Å². The van der Waals surface area contributed by atoms with Crippen LogP contribution in [0.15, 0.2) is 30.3 Å². The van der Waals surface area contributed by atoms with E-state index >= 15 is 0 Å². The predicted octanol–water partition coefficient (Wildman–Crippen LogP) is 0.268. The van der Waals surface area contributed by atoms with E-state index < -0.39 is 0 Å². The first kappa shape index (κ1) is 12.1. The molecule has 0 aromatic heterocycles. The average Bonchev–Trinajstić information content (AvgIpc) is 2.32. The zero-order chi connectivity index (χ0) is 12.1. The standard InChI is InChI=1S/C13H18N3O/c1-10(17)16-13-12(14-7-8-15-13)9-11-5-3-2-4-6-11/h2-6,12-14H,7-9H2,1H3,(H,16,17)/t12?,13-/m0/s1. The lowest BCUT2D eigenvalue weighted by Crippen LogP contribution is -2.60. The normalized spacial score (nSPS) is 24.3. The Hall–Kier alpha value is -1.39. The first-order valence-corrected chi connectivity index (χ1v) is 5.97. The second-order valence-corrected chi connectivity index (χ2v) is 4.30.